The molecule has 2 fully saturated rings. The second kappa shape index (κ2) is 10.7. The second-order valence-electron chi connectivity index (χ2n) is 14.9. The Bertz CT molecular complexity index is 758. The van der Waals surface area contributed by atoms with Crippen molar-refractivity contribution in [1.82, 2.24) is 0 Å². The van der Waals surface area contributed by atoms with E-state index in [1.807, 2.05) is 0 Å². The Labute approximate surface area is 219 Å². The summed E-state index contributed by atoms with van der Waals surface area (Å²) in [6.45, 7) is 30.1. The predicted octanol–water partition coefficient (Wildman–Crippen LogP) is 8.49. The average molecular weight is 525 g/mol. The minimum absolute atomic E-state index is 0.0141. The van der Waals surface area contributed by atoms with Crippen molar-refractivity contribution < 1.29 is 18.4 Å². The zero-order valence-electron chi connectivity index (χ0n) is 25.2. The van der Waals surface area contributed by atoms with Crippen molar-refractivity contribution >= 4 is 22.6 Å². The Kier molecular flexibility index (Phi) is 9.45. The Hall–Kier alpha value is -0.436. The van der Waals surface area contributed by atoms with Crippen molar-refractivity contribution in [2.45, 2.75) is 149 Å². The maximum Gasteiger partial charge on any atom is 0.306 e. The molecular formula is C29H56O4Si2. The van der Waals surface area contributed by atoms with Crippen LogP contribution in [0.15, 0.2) is 12.2 Å². The molecule has 5 atom stereocenters. The van der Waals surface area contributed by atoms with Gasteiger partial charge >= 0.3 is 5.97 Å². The summed E-state index contributed by atoms with van der Waals surface area (Å²) in [4.78, 5) is 12.2. The third kappa shape index (κ3) is 7.33. The highest BCUT2D eigenvalue weighted by atomic mass is 28.4. The molecule has 0 bridgehead atoms. The van der Waals surface area contributed by atoms with Gasteiger partial charge in [0.1, 0.15) is 6.10 Å². The molecular weight excluding hydrogens is 468 g/mol. The van der Waals surface area contributed by atoms with Crippen LogP contribution in [0.2, 0.25) is 36.3 Å². The SMILES string of the molecule is CCCCC(C)(C)[C@@H](/C=C/[C@@H]1[C@H]2CC(=O)O[C@H]2C[C@H]1O[Si](C)(C)C(C)(C)C)O[Si](C)(C)C(C)(C)C. The lowest BCUT2D eigenvalue weighted by Crippen LogP contribution is -2.47. The molecule has 0 aromatic carbocycles. The zero-order chi connectivity index (χ0) is 27.0. The number of esters is 1. The van der Waals surface area contributed by atoms with Crippen molar-refractivity contribution in [3.8, 4) is 0 Å². The molecule has 0 aromatic heterocycles. The molecule has 2 rings (SSSR count). The van der Waals surface area contributed by atoms with Crippen molar-refractivity contribution in [2.75, 3.05) is 0 Å². The van der Waals surface area contributed by atoms with Crippen LogP contribution in [-0.4, -0.2) is 40.9 Å². The summed E-state index contributed by atoms with van der Waals surface area (Å²) in [6.07, 6.45) is 9.66. The standard InChI is InChI=1S/C29H56O4Si2/c1-14-15-18-29(8,9)25(33-35(12,13)28(5,6)7)17-16-21-22-19-26(30)31-23(22)20-24(21)32-34(10,11)27(2,3)4/h16-17,21-25H,14-15,18-20H2,1-13H3/b17-16+/t21-,22-,23+,24-,25-/m1/s1. The molecule has 1 saturated carbocycles. The Morgan fingerprint density at radius 1 is 1.00 bits per heavy atom. The van der Waals surface area contributed by atoms with Crippen LogP contribution in [0.5, 0.6) is 0 Å². The van der Waals surface area contributed by atoms with E-state index in [4.69, 9.17) is 13.6 Å². The number of ether oxygens (including phenoxy) is 1. The molecule has 2 aliphatic rings. The van der Waals surface area contributed by atoms with E-state index in [2.05, 4.69) is 101 Å². The van der Waals surface area contributed by atoms with Gasteiger partial charge in [-0.1, -0.05) is 87.3 Å². The summed E-state index contributed by atoms with van der Waals surface area (Å²) in [6, 6.07) is 0. The molecule has 0 unspecified atom stereocenters. The number of hydrogen-bond acceptors (Lipinski definition) is 4. The third-order valence-electron chi connectivity index (χ3n) is 9.48. The van der Waals surface area contributed by atoms with E-state index < -0.39 is 16.6 Å². The molecule has 0 radical (unpaired) electrons. The van der Waals surface area contributed by atoms with Crippen molar-refractivity contribution in [3.63, 3.8) is 0 Å². The van der Waals surface area contributed by atoms with Crippen molar-refractivity contribution in [2.24, 2.45) is 17.3 Å². The number of carbonyl (C=O) groups is 1. The van der Waals surface area contributed by atoms with E-state index in [1.54, 1.807) is 0 Å². The highest BCUT2D eigenvalue weighted by Crippen LogP contribution is 2.48. The van der Waals surface area contributed by atoms with Crippen molar-refractivity contribution in [1.29, 1.82) is 0 Å². The van der Waals surface area contributed by atoms with Crippen LogP contribution in [0.1, 0.15) is 94.4 Å². The maximum absolute atomic E-state index is 12.2. The van der Waals surface area contributed by atoms with E-state index >= 15 is 0 Å². The fraction of sp³-hybridized carbons (Fsp3) is 0.897. The molecule has 204 valence electrons. The molecule has 4 nitrogen and oxygen atoms in total. The summed E-state index contributed by atoms with van der Waals surface area (Å²) in [5.41, 5.74) is 0.0395. The lowest BCUT2D eigenvalue weighted by Gasteiger charge is -2.44. The summed E-state index contributed by atoms with van der Waals surface area (Å²) in [7, 11) is -3.91. The van der Waals surface area contributed by atoms with Crippen LogP contribution >= 0.6 is 0 Å². The van der Waals surface area contributed by atoms with E-state index in [-0.39, 0.29) is 51.6 Å². The fourth-order valence-electron chi connectivity index (χ4n) is 4.80. The normalized spacial score (nSPS) is 27.4. The van der Waals surface area contributed by atoms with Gasteiger partial charge in [-0.25, -0.2) is 0 Å². The minimum atomic E-state index is -1.97. The molecule has 1 heterocycles. The van der Waals surface area contributed by atoms with Crippen LogP contribution in [0.4, 0.5) is 0 Å². The van der Waals surface area contributed by atoms with Crippen LogP contribution in [0, 0.1) is 17.3 Å². The summed E-state index contributed by atoms with van der Waals surface area (Å²) >= 11 is 0. The second-order valence-corrected chi connectivity index (χ2v) is 24.4. The molecule has 35 heavy (non-hydrogen) atoms. The third-order valence-corrected chi connectivity index (χ3v) is 18.4. The van der Waals surface area contributed by atoms with Gasteiger partial charge in [-0.3, -0.25) is 4.79 Å². The van der Waals surface area contributed by atoms with Gasteiger partial charge in [-0.15, -0.1) is 0 Å². The molecule has 0 aromatic rings. The van der Waals surface area contributed by atoms with Gasteiger partial charge in [-0.05, 0) is 48.1 Å². The van der Waals surface area contributed by atoms with Gasteiger partial charge in [-0.2, -0.15) is 0 Å². The van der Waals surface area contributed by atoms with Gasteiger partial charge in [0.15, 0.2) is 16.6 Å². The van der Waals surface area contributed by atoms with Crippen LogP contribution < -0.4 is 0 Å². The average Bonchev–Trinajstić information content (AvgIpc) is 3.16. The lowest BCUT2D eigenvalue weighted by molar-refractivity contribution is -0.141. The molecule has 1 saturated heterocycles. The van der Waals surface area contributed by atoms with E-state index in [1.165, 1.54) is 12.8 Å². The number of carbonyl (C=O) groups excluding carboxylic acids is 1. The highest BCUT2D eigenvalue weighted by Gasteiger charge is 2.52. The molecule has 0 amide bonds. The highest BCUT2D eigenvalue weighted by molar-refractivity contribution is 6.74. The lowest BCUT2D eigenvalue weighted by atomic mass is 9.80. The fourth-order valence-corrected chi connectivity index (χ4v) is 7.55. The quantitative estimate of drug-likeness (QED) is 0.163. The first kappa shape index (κ1) is 30.8. The van der Waals surface area contributed by atoms with Gasteiger partial charge < -0.3 is 13.6 Å². The number of fused-ring (bicyclic) bond motifs is 1. The Morgan fingerprint density at radius 3 is 2.09 bits per heavy atom. The number of unbranched alkanes of at least 4 members (excludes halogenated alkanes) is 1. The van der Waals surface area contributed by atoms with Crippen LogP contribution in [0.3, 0.4) is 0 Å². The van der Waals surface area contributed by atoms with Crippen molar-refractivity contribution in [3.05, 3.63) is 12.2 Å². The van der Waals surface area contributed by atoms with Crippen LogP contribution in [-0.2, 0) is 18.4 Å². The first-order chi connectivity index (χ1) is 15.7. The number of rotatable bonds is 10. The molecule has 6 heteroatoms. The summed E-state index contributed by atoms with van der Waals surface area (Å²) in [5, 5.41) is 0.295. The molecule has 0 spiro atoms. The largest absolute Gasteiger partial charge is 0.462 e. The first-order valence-electron chi connectivity index (χ1n) is 14.0. The van der Waals surface area contributed by atoms with Gasteiger partial charge in [0.25, 0.3) is 0 Å². The first-order valence-corrected chi connectivity index (χ1v) is 19.8. The van der Waals surface area contributed by atoms with Gasteiger partial charge in [0, 0.05) is 18.3 Å². The maximum atomic E-state index is 12.2. The summed E-state index contributed by atoms with van der Waals surface area (Å²) in [5.74, 6) is 0.343. The minimum Gasteiger partial charge on any atom is -0.462 e. The van der Waals surface area contributed by atoms with E-state index in [0.717, 1.165) is 12.8 Å². The van der Waals surface area contributed by atoms with Crippen LogP contribution in [0.25, 0.3) is 0 Å². The van der Waals surface area contributed by atoms with Gasteiger partial charge in [0.05, 0.1) is 18.6 Å². The van der Waals surface area contributed by atoms with E-state index in [0.29, 0.717) is 6.42 Å². The molecule has 1 aliphatic heterocycles. The molecule has 0 N–H and O–H groups in total. The Balaban J connectivity index is 2.39. The molecule has 1 aliphatic carbocycles. The van der Waals surface area contributed by atoms with E-state index in [9.17, 15) is 4.79 Å². The Morgan fingerprint density at radius 2 is 1.57 bits per heavy atom. The smallest absolute Gasteiger partial charge is 0.306 e. The monoisotopic (exact) mass is 524 g/mol. The number of hydrogen-bond donors (Lipinski definition) is 0. The topological polar surface area (TPSA) is 44.8 Å². The predicted molar refractivity (Wildman–Crippen MR) is 153 cm³/mol. The summed E-state index contributed by atoms with van der Waals surface area (Å²) < 4.78 is 19.8. The zero-order valence-corrected chi connectivity index (χ0v) is 27.2. The van der Waals surface area contributed by atoms with Gasteiger partial charge in [0.2, 0.25) is 0 Å².